The van der Waals surface area contributed by atoms with E-state index < -0.39 is 0 Å². The van der Waals surface area contributed by atoms with E-state index >= 15 is 0 Å². The molecule has 6 heteroatoms. The van der Waals surface area contributed by atoms with Gasteiger partial charge in [0.15, 0.2) is 4.34 Å². The van der Waals surface area contributed by atoms with Crippen LogP contribution in [-0.2, 0) is 4.79 Å². The number of aromatic nitrogens is 1. The van der Waals surface area contributed by atoms with Crippen LogP contribution in [0.25, 0.3) is 10.2 Å². The predicted octanol–water partition coefficient (Wildman–Crippen LogP) is 2.96. The van der Waals surface area contributed by atoms with Crippen LogP contribution >= 0.6 is 23.1 Å². The highest BCUT2D eigenvalue weighted by atomic mass is 32.2. The fraction of sp³-hybridized carbons (Fsp3) is 0.429. The van der Waals surface area contributed by atoms with Crippen LogP contribution < -0.4 is 10.6 Å². The molecule has 106 valence electrons. The Morgan fingerprint density at radius 1 is 1.55 bits per heavy atom. The van der Waals surface area contributed by atoms with Gasteiger partial charge in [-0.05, 0) is 43.8 Å². The van der Waals surface area contributed by atoms with E-state index in [4.69, 9.17) is 0 Å². The number of nitrogens with one attached hydrogen (secondary N) is 2. The summed E-state index contributed by atoms with van der Waals surface area (Å²) < 4.78 is 2.17. The number of hydrogen-bond acceptors (Lipinski definition) is 5. The molecule has 1 saturated heterocycles. The zero-order valence-corrected chi connectivity index (χ0v) is 12.9. The van der Waals surface area contributed by atoms with Gasteiger partial charge in [-0.3, -0.25) is 4.79 Å². The molecular weight excluding hydrogens is 290 g/mol. The molecule has 0 saturated carbocycles. The highest BCUT2D eigenvalue weighted by molar-refractivity contribution is 8.00. The topological polar surface area (TPSA) is 54.0 Å². The Bertz CT molecular complexity index is 620. The van der Waals surface area contributed by atoms with Crippen molar-refractivity contribution in [1.29, 1.82) is 0 Å². The number of thiazole rings is 1. The maximum atomic E-state index is 12.2. The molecule has 0 unspecified atom stereocenters. The van der Waals surface area contributed by atoms with Crippen molar-refractivity contribution in [2.45, 2.75) is 17.2 Å². The van der Waals surface area contributed by atoms with Gasteiger partial charge in [0.05, 0.1) is 16.1 Å². The Balaban J connectivity index is 1.74. The van der Waals surface area contributed by atoms with Crippen LogP contribution in [-0.4, -0.2) is 30.2 Å². The number of hydrogen-bond donors (Lipinski definition) is 2. The third-order valence-electron chi connectivity index (χ3n) is 3.48. The molecule has 1 atom stereocenters. The molecule has 0 bridgehead atoms. The highest BCUT2D eigenvalue weighted by Crippen LogP contribution is 2.30. The van der Waals surface area contributed by atoms with E-state index in [0.717, 1.165) is 46.2 Å². The summed E-state index contributed by atoms with van der Waals surface area (Å²) in [5.74, 6) is 0.203. The number of thioether (sulfide) groups is 1. The van der Waals surface area contributed by atoms with Gasteiger partial charge >= 0.3 is 0 Å². The number of piperidine rings is 1. The van der Waals surface area contributed by atoms with Gasteiger partial charge in [0, 0.05) is 12.2 Å². The molecule has 2 heterocycles. The summed E-state index contributed by atoms with van der Waals surface area (Å²) in [5.41, 5.74) is 1.86. The Kier molecular flexibility index (Phi) is 4.24. The van der Waals surface area contributed by atoms with E-state index in [1.54, 1.807) is 23.1 Å². The van der Waals surface area contributed by atoms with Crippen molar-refractivity contribution in [2.24, 2.45) is 5.92 Å². The van der Waals surface area contributed by atoms with Crippen molar-refractivity contribution in [2.75, 3.05) is 24.7 Å². The summed E-state index contributed by atoms with van der Waals surface area (Å²) in [6, 6.07) is 5.92. The van der Waals surface area contributed by atoms with Crippen LogP contribution in [0.1, 0.15) is 12.8 Å². The fourth-order valence-electron chi connectivity index (χ4n) is 2.39. The fourth-order valence-corrected chi connectivity index (χ4v) is 3.92. The first-order chi connectivity index (χ1) is 9.76. The van der Waals surface area contributed by atoms with Crippen LogP contribution in [0.2, 0.25) is 0 Å². The SMILES string of the molecule is CSc1nc2ccc(NC(=O)[C@@H]3CCCNC3)cc2s1. The summed E-state index contributed by atoms with van der Waals surface area (Å²) >= 11 is 3.31. The van der Waals surface area contributed by atoms with Gasteiger partial charge in [-0.15, -0.1) is 11.3 Å². The summed E-state index contributed by atoms with van der Waals surface area (Å²) in [6.45, 7) is 1.80. The molecule has 2 aromatic rings. The van der Waals surface area contributed by atoms with Crippen LogP contribution in [0.15, 0.2) is 22.5 Å². The average molecular weight is 307 g/mol. The van der Waals surface area contributed by atoms with Crippen LogP contribution in [0.5, 0.6) is 0 Å². The minimum absolute atomic E-state index is 0.0858. The molecule has 0 radical (unpaired) electrons. The first-order valence-corrected chi connectivity index (χ1v) is 8.76. The number of fused-ring (bicyclic) bond motifs is 1. The zero-order valence-electron chi connectivity index (χ0n) is 11.3. The summed E-state index contributed by atoms with van der Waals surface area (Å²) in [4.78, 5) is 16.7. The summed E-state index contributed by atoms with van der Waals surface area (Å²) in [6.07, 6.45) is 4.07. The maximum absolute atomic E-state index is 12.2. The normalized spacial score (nSPS) is 19.1. The summed E-state index contributed by atoms with van der Waals surface area (Å²) in [7, 11) is 0. The minimum atomic E-state index is 0.0858. The third-order valence-corrected chi connectivity index (χ3v) is 5.48. The Labute approximate surface area is 126 Å². The van der Waals surface area contributed by atoms with Gasteiger partial charge < -0.3 is 10.6 Å². The van der Waals surface area contributed by atoms with Gasteiger partial charge in [-0.1, -0.05) is 11.8 Å². The molecule has 20 heavy (non-hydrogen) atoms. The summed E-state index contributed by atoms with van der Waals surface area (Å²) in [5, 5.41) is 6.29. The molecule has 1 aliphatic rings. The van der Waals surface area contributed by atoms with Gasteiger partial charge in [-0.25, -0.2) is 4.98 Å². The van der Waals surface area contributed by atoms with Crippen molar-refractivity contribution in [3.05, 3.63) is 18.2 Å². The Morgan fingerprint density at radius 3 is 3.20 bits per heavy atom. The quantitative estimate of drug-likeness (QED) is 0.856. The lowest BCUT2D eigenvalue weighted by molar-refractivity contribution is -0.120. The lowest BCUT2D eigenvalue weighted by atomic mass is 9.99. The molecule has 2 N–H and O–H groups in total. The number of rotatable bonds is 3. The van der Waals surface area contributed by atoms with E-state index in [-0.39, 0.29) is 11.8 Å². The second-order valence-electron chi connectivity index (χ2n) is 4.90. The zero-order chi connectivity index (χ0) is 13.9. The lowest BCUT2D eigenvalue weighted by Crippen LogP contribution is -2.37. The number of anilines is 1. The lowest BCUT2D eigenvalue weighted by Gasteiger charge is -2.21. The molecular formula is C14H17N3OS2. The molecule has 3 rings (SSSR count). The Morgan fingerprint density at radius 2 is 2.45 bits per heavy atom. The monoisotopic (exact) mass is 307 g/mol. The molecule has 1 aliphatic heterocycles. The van der Waals surface area contributed by atoms with E-state index in [1.165, 1.54) is 0 Å². The number of nitrogens with zero attached hydrogens (tertiary/aromatic N) is 1. The largest absolute Gasteiger partial charge is 0.326 e. The molecule has 0 aliphatic carbocycles. The molecule has 4 nitrogen and oxygen atoms in total. The molecule has 0 spiro atoms. The third kappa shape index (κ3) is 2.97. The number of benzene rings is 1. The van der Waals surface area contributed by atoms with Gasteiger partial charge in [0.2, 0.25) is 5.91 Å². The smallest absolute Gasteiger partial charge is 0.228 e. The standard InChI is InChI=1S/C14H17N3OS2/c1-19-14-17-11-5-4-10(7-12(11)20-14)16-13(18)9-3-2-6-15-8-9/h4-5,7,9,15H,2-3,6,8H2,1H3,(H,16,18)/t9-/m1/s1. The highest BCUT2D eigenvalue weighted by Gasteiger charge is 2.20. The first-order valence-electron chi connectivity index (χ1n) is 6.72. The second-order valence-corrected chi connectivity index (χ2v) is 6.98. The van der Waals surface area contributed by atoms with Crippen molar-refractivity contribution in [1.82, 2.24) is 10.3 Å². The van der Waals surface area contributed by atoms with Crippen molar-refractivity contribution in [3.63, 3.8) is 0 Å². The molecule has 1 aromatic heterocycles. The van der Waals surface area contributed by atoms with E-state index in [0.29, 0.717) is 0 Å². The minimum Gasteiger partial charge on any atom is -0.326 e. The number of amides is 1. The van der Waals surface area contributed by atoms with E-state index in [1.807, 2.05) is 24.5 Å². The second kappa shape index (κ2) is 6.11. The van der Waals surface area contributed by atoms with Crippen LogP contribution in [0.4, 0.5) is 5.69 Å². The predicted molar refractivity (Wildman–Crippen MR) is 85.6 cm³/mol. The number of carbonyl (C=O) groups is 1. The molecule has 1 amide bonds. The van der Waals surface area contributed by atoms with Gasteiger partial charge in [0.1, 0.15) is 0 Å². The van der Waals surface area contributed by atoms with Crippen molar-refractivity contribution < 1.29 is 4.79 Å². The van der Waals surface area contributed by atoms with E-state index in [2.05, 4.69) is 15.6 Å². The average Bonchev–Trinajstić information content (AvgIpc) is 2.90. The van der Waals surface area contributed by atoms with Crippen LogP contribution in [0.3, 0.4) is 0 Å². The van der Waals surface area contributed by atoms with Crippen molar-refractivity contribution in [3.8, 4) is 0 Å². The molecule has 1 aromatic carbocycles. The molecule has 1 fully saturated rings. The number of carbonyl (C=O) groups excluding carboxylic acids is 1. The van der Waals surface area contributed by atoms with Crippen LogP contribution in [0, 0.1) is 5.92 Å². The first kappa shape index (κ1) is 13.9. The Hall–Kier alpha value is -1.11. The maximum Gasteiger partial charge on any atom is 0.228 e. The van der Waals surface area contributed by atoms with Crippen molar-refractivity contribution >= 4 is 44.9 Å². The van der Waals surface area contributed by atoms with Gasteiger partial charge in [0.25, 0.3) is 0 Å². The van der Waals surface area contributed by atoms with E-state index in [9.17, 15) is 4.79 Å². The van der Waals surface area contributed by atoms with Gasteiger partial charge in [-0.2, -0.15) is 0 Å².